The van der Waals surface area contributed by atoms with Crippen LogP contribution in [0.3, 0.4) is 0 Å². The molecule has 3 aliphatic rings. The van der Waals surface area contributed by atoms with Crippen LogP contribution in [0.4, 0.5) is 0 Å². The Hall–Kier alpha value is -2.72. The summed E-state index contributed by atoms with van der Waals surface area (Å²) in [5.74, 6) is 1.45. The van der Waals surface area contributed by atoms with Crippen LogP contribution in [-0.2, 0) is 4.79 Å². The lowest BCUT2D eigenvalue weighted by Crippen LogP contribution is -2.57. The minimum absolute atomic E-state index is 0.0397. The highest BCUT2D eigenvalue weighted by atomic mass is 16.1. The summed E-state index contributed by atoms with van der Waals surface area (Å²) in [6, 6.07) is 20.8. The van der Waals surface area contributed by atoms with Gasteiger partial charge in [0.15, 0.2) is 0 Å². The number of benzene rings is 2. The second kappa shape index (κ2) is 9.03. The quantitative estimate of drug-likeness (QED) is 0.579. The number of rotatable bonds is 6. The predicted molar refractivity (Wildman–Crippen MR) is 129 cm³/mol. The molecule has 32 heavy (non-hydrogen) atoms. The van der Waals surface area contributed by atoms with Crippen LogP contribution in [0.1, 0.15) is 56.2 Å². The van der Waals surface area contributed by atoms with Gasteiger partial charge in [0.2, 0.25) is 5.91 Å². The summed E-state index contributed by atoms with van der Waals surface area (Å²) in [6.07, 6.45) is 5.57. The fourth-order valence-corrected chi connectivity index (χ4v) is 5.93. The number of carbonyl (C=O) groups excluding carboxylic acids is 1. The van der Waals surface area contributed by atoms with E-state index in [0.717, 1.165) is 47.8 Å². The number of pyridine rings is 1. The van der Waals surface area contributed by atoms with Gasteiger partial charge < -0.3 is 5.32 Å². The molecule has 0 aliphatic carbocycles. The third-order valence-electron chi connectivity index (χ3n) is 7.85. The van der Waals surface area contributed by atoms with Gasteiger partial charge in [-0.1, -0.05) is 61.9 Å². The maximum Gasteiger partial charge on any atom is 0.227 e. The molecule has 6 rings (SSSR count). The third kappa shape index (κ3) is 3.93. The number of hydrogen-bond acceptors (Lipinski definition) is 3. The highest BCUT2D eigenvalue weighted by molar-refractivity contribution is 5.86. The van der Waals surface area contributed by atoms with Crippen molar-refractivity contribution in [2.75, 3.05) is 13.1 Å². The van der Waals surface area contributed by atoms with Crippen LogP contribution in [0.2, 0.25) is 0 Å². The molecule has 166 valence electrons. The van der Waals surface area contributed by atoms with Crippen molar-refractivity contribution < 1.29 is 4.79 Å². The number of nitrogens with zero attached hydrogens (tertiary/aromatic N) is 2. The second-order valence-electron chi connectivity index (χ2n) is 9.55. The normalized spacial score (nSPS) is 26.6. The summed E-state index contributed by atoms with van der Waals surface area (Å²) in [5.41, 5.74) is 3.23. The molecule has 4 heterocycles. The van der Waals surface area contributed by atoms with Gasteiger partial charge in [-0.05, 0) is 61.4 Å². The average molecular weight is 428 g/mol. The van der Waals surface area contributed by atoms with Gasteiger partial charge in [0.25, 0.3) is 0 Å². The van der Waals surface area contributed by atoms with Crippen molar-refractivity contribution in [3.05, 3.63) is 78.0 Å². The molecule has 0 radical (unpaired) electrons. The minimum Gasteiger partial charge on any atom is -0.347 e. The smallest absolute Gasteiger partial charge is 0.227 e. The number of nitrogens with one attached hydrogen (secondary N) is 1. The minimum atomic E-state index is -0.189. The summed E-state index contributed by atoms with van der Waals surface area (Å²) >= 11 is 0. The van der Waals surface area contributed by atoms with Crippen LogP contribution in [0.5, 0.6) is 0 Å². The first-order valence-electron chi connectivity index (χ1n) is 12.1. The Balaban J connectivity index is 1.50. The predicted octanol–water partition coefficient (Wildman–Crippen LogP) is 5.32. The van der Waals surface area contributed by atoms with Gasteiger partial charge in [0.1, 0.15) is 0 Å². The fourth-order valence-electron chi connectivity index (χ4n) is 5.93. The highest BCUT2D eigenvalue weighted by Gasteiger charge is 2.43. The molecule has 3 fully saturated rings. The number of carbonyl (C=O) groups is 1. The van der Waals surface area contributed by atoms with E-state index in [9.17, 15) is 4.79 Å². The van der Waals surface area contributed by atoms with E-state index in [1.165, 1.54) is 18.4 Å². The molecule has 1 amide bonds. The molecule has 3 aromatic rings. The van der Waals surface area contributed by atoms with Crippen LogP contribution < -0.4 is 5.32 Å². The van der Waals surface area contributed by atoms with Crippen molar-refractivity contribution in [2.45, 2.75) is 51.1 Å². The monoisotopic (exact) mass is 427 g/mol. The van der Waals surface area contributed by atoms with Crippen molar-refractivity contribution >= 4 is 16.8 Å². The maximum atomic E-state index is 13.5. The first kappa shape index (κ1) is 21.1. The molecule has 3 saturated heterocycles. The zero-order valence-electron chi connectivity index (χ0n) is 19.1. The molecule has 1 aromatic heterocycles. The largest absolute Gasteiger partial charge is 0.347 e. The summed E-state index contributed by atoms with van der Waals surface area (Å²) < 4.78 is 0. The van der Waals surface area contributed by atoms with Gasteiger partial charge in [-0.3, -0.25) is 14.7 Å². The van der Waals surface area contributed by atoms with Gasteiger partial charge >= 0.3 is 0 Å². The zero-order chi connectivity index (χ0) is 22.1. The van der Waals surface area contributed by atoms with E-state index in [1.807, 2.05) is 49.5 Å². The molecule has 1 N–H and O–H groups in total. The SMILES string of the molecule is CCC1CN2CCC1CC2C(NC(=O)C(C)c1ccccc1)c1ccnc2ccccc12. The number of fused-ring (bicyclic) bond motifs is 4. The van der Waals surface area contributed by atoms with Crippen LogP contribution in [0.15, 0.2) is 66.9 Å². The highest BCUT2D eigenvalue weighted by Crippen LogP contribution is 2.43. The number of piperidine rings is 3. The first-order chi connectivity index (χ1) is 15.7. The summed E-state index contributed by atoms with van der Waals surface area (Å²) in [7, 11) is 0. The topological polar surface area (TPSA) is 45.2 Å². The Kier molecular flexibility index (Phi) is 5.97. The number of hydrogen-bond donors (Lipinski definition) is 1. The lowest BCUT2D eigenvalue weighted by atomic mass is 9.72. The molecule has 3 aliphatic heterocycles. The van der Waals surface area contributed by atoms with E-state index in [2.05, 4.69) is 46.4 Å². The van der Waals surface area contributed by atoms with E-state index in [1.54, 1.807) is 0 Å². The molecular formula is C28H33N3O. The zero-order valence-corrected chi connectivity index (χ0v) is 19.1. The standard InChI is InChI=1S/C28H33N3O/c1-3-20-18-31-16-14-22(20)17-26(31)27(24-13-15-29-25-12-8-7-11-23(24)25)30-28(32)19(2)21-9-5-4-6-10-21/h4-13,15,19-20,22,26-27H,3,14,16-18H2,1-2H3,(H,30,32). The van der Waals surface area contributed by atoms with Crippen molar-refractivity contribution in [3.8, 4) is 0 Å². The van der Waals surface area contributed by atoms with Crippen molar-refractivity contribution in [1.29, 1.82) is 0 Å². The second-order valence-corrected chi connectivity index (χ2v) is 9.55. The number of amides is 1. The fraction of sp³-hybridized carbons (Fsp3) is 0.429. The van der Waals surface area contributed by atoms with E-state index < -0.39 is 0 Å². The lowest BCUT2D eigenvalue weighted by Gasteiger charge is -2.52. The Bertz CT molecular complexity index is 1080. The molecule has 2 aromatic carbocycles. The Morgan fingerprint density at radius 1 is 1.12 bits per heavy atom. The molecule has 6 atom stereocenters. The van der Waals surface area contributed by atoms with Crippen LogP contribution in [-0.4, -0.2) is 34.9 Å². The van der Waals surface area contributed by atoms with Gasteiger partial charge in [0.05, 0.1) is 17.5 Å². The van der Waals surface area contributed by atoms with Crippen molar-refractivity contribution in [2.24, 2.45) is 11.8 Å². The molecule has 4 heteroatoms. The Morgan fingerprint density at radius 3 is 2.66 bits per heavy atom. The van der Waals surface area contributed by atoms with Crippen molar-refractivity contribution in [1.82, 2.24) is 15.2 Å². The Morgan fingerprint density at radius 2 is 1.91 bits per heavy atom. The van der Waals surface area contributed by atoms with E-state index in [4.69, 9.17) is 0 Å². The molecule has 0 spiro atoms. The van der Waals surface area contributed by atoms with E-state index in [-0.39, 0.29) is 17.9 Å². The maximum absolute atomic E-state index is 13.5. The van der Waals surface area contributed by atoms with Crippen molar-refractivity contribution in [3.63, 3.8) is 0 Å². The summed E-state index contributed by atoms with van der Waals surface area (Å²) in [4.78, 5) is 20.7. The first-order valence-corrected chi connectivity index (χ1v) is 12.1. The summed E-state index contributed by atoms with van der Waals surface area (Å²) in [5, 5.41) is 4.64. The number of aromatic nitrogens is 1. The van der Waals surface area contributed by atoms with Gasteiger partial charge in [-0.2, -0.15) is 0 Å². The average Bonchev–Trinajstić information content (AvgIpc) is 2.87. The molecular weight excluding hydrogens is 394 g/mol. The molecule has 2 bridgehead atoms. The van der Waals surface area contributed by atoms with Gasteiger partial charge in [-0.15, -0.1) is 0 Å². The third-order valence-corrected chi connectivity index (χ3v) is 7.85. The molecule has 0 saturated carbocycles. The van der Waals surface area contributed by atoms with Crippen LogP contribution in [0, 0.1) is 11.8 Å². The number of para-hydroxylation sites is 1. The molecule has 4 nitrogen and oxygen atoms in total. The molecule has 6 unspecified atom stereocenters. The van der Waals surface area contributed by atoms with Crippen LogP contribution >= 0.6 is 0 Å². The van der Waals surface area contributed by atoms with E-state index >= 15 is 0 Å². The van der Waals surface area contributed by atoms with E-state index in [0.29, 0.717) is 6.04 Å². The van der Waals surface area contributed by atoms with Gasteiger partial charge in [0, 0.05) is 24.2 Å². The van der Waals surface area contributed by atoms with Crippen LogP contribution in [0.25, 0.3) is 10.9 Å². The lowest BCUT2D eigenvalue weighted by molar-refractivity contribution is -0.124. The summed E-state index contributed by atoms with van der Waals surface area (Å²) in [6.45, 7) is 6.61. The van der Waals surface area contributed by atoms with Gasteiger partial charge in [-0.25, -0.2) is 0 Å². The Labute approximate surface area is 191 Å².